The van der Waals surface area contributed by atoms with Gasteiger partial charge >= 0.3 is 0 Å². The number of amides is 1. The minimum atomic E-state index is -0.0523. The third kappa shape index (κ3) is 5.16. The van der Waals surface area contributed by atoms with Gasteiger partial charge < -0.3 is 25.4 Å². The Bertz CT molecular complexity index is 1220. The molecule has 0 saturated carbocycles. The molecule has 0 saturated heterocycles. The van der Waals surface area contributed by atoms with Crippen molar-refractivity contribution < 1.29 is 14.3 Å². The molecular weight excluding hydrogens is 418 g/mol. The first-order chi connectivity index (χ1) is 16.1. The van der Waals surface area contributed by atoms with Crippen LogP contribution in [0.4, 0.5) is 11.4 Å². The van der Waals surface area contributed by atoms with Gasteiger partial charge in [0.15, 0.2) is 11.5 Å². The van der Waals surface area contributed by atoms with E-state index < -0.39 is 0 Å². The normalized spacial score (nSPS) is 14.9. The zero-order valence-electron chi connectivity index (χ0n) is 18.8. The second-order valence-electron chi connectivity index (χ2n) is 7.94. The molecule has 0 unspecified atom stereocenters. The Labute approximate surface area is 192 Å². The average molecular weight is 446 g/mol. The molecule has 8 heteroatoms. The molecular formula is C25H27N5O3. The van der Waals surface area contributed by atoms with Crippen molar-refractivity contribution in [2.75, 3.05) is 38.7 Å². The van der Waals surface area contributed by atoms with Crippen molar-refractivity contribution in [2.45, 2.75) is 19.8 Å². The van der Waals surface area contributed by atoms with Crippen LogP contribution in [0.25, 0.3) is 10.9 Å². The van der Waals surface area contributed by atoms with Crippen molar-refractivity contribution >= 4 is 28.2 Å². The summed E-state index contributed by atoms with van der Waals surface area (Å²) in [5, 5.41) is 20.2. The summed E-state index contributed by atoms with van der Waals surface area (Å²) < 4.78 is 11.5. The highest BCUT2D eigenvalue weighted by molar-refractivity contribution is 5.98. The summed E-state index contributed by atoms with van der Waals surface area (Å²) in [5.41, 5.74) is 4.35. The lowest BCUT2D eigenvalue weighted by Crippen LogP contribution is -2.33. The quantitative estimate of drug-likeness (QED) is 0.528. The molecule has 170 valence electrons. The minimum Gasteiger partial charge on any atom is -0.493 e. The molecule has 33 heavy (non-hydrogen) atoms. The van der Waals surface area contributed by atoms with Crippen molar-refractivity contribution in [1.29, 1.82) is 5.26 Å². The van der Waals surface area contributed by atoms with E-state index in [0.29, 0.717) is 48.0 Å². The smallest absolute Gasteiger partial charge is 0.224 e. The van der Waals surface area contributed by atoms with Gasteiger partial charge in [0, 0.05) is 36.4 Å². The lowest BCUT2D eigenvalue weighted by molar-refractivity contribution is -0.120. The molecule has 1 aliphatic heterocycles. The van der Waals surface area contributed by atoms with E-state index in [1.165, 1.54) is 0 Å². The zero-order chi connectivity index (χ0) is 23.2. The van der Waals surface area contributed by atoms with Crippen LogP contribution in [0.1, 0.15) is 23.1 Å². The number of carbonyl (C=O) groups is 1. The molecule has 3 aromatic rings. The Balaban J connectivity index is 1.86. The molecule has 4 rings (SSSR count). The highest BCUT2D eigenvalue weighted by Gasteiger charge is 2.17. The number of aromatic nitrogens is 1. The second kappa shape index (κ2) is 10.2. The Morgan fingerprint density at radius 1 is 1.18 bits per heavy atom. The highest BCUT2D eigenvalue weighted by Crippen LogP contribution is 2.37. The third-order valence-electron chi connectivity index (χ3n) is 5.53. The number of aryl methyl sites for hydroxylation is 1. The van der Waals surface area contributed by atoms with E-state index in [-0.39, 0.29) is 12.3 Å². The third-order valence-corrected chi connectivity index (χ3v) is 5.53. The number of ether oxygens (including phenoxy) is 2. The van der Waals surface area contributed by atoms with E-state index in [1.807, 2.05) is 37.3 Å². The van der Waals surface area contributed by atoms with E-state index in [1.54, 1.807) is 13.3 Å². The van der Waals surface area contributed by atoms with Crippen molar-refractivity contribution in [1.82, 2.24) is 15.6 Å². The van der Waals surface area contributed by atoms with Crippen LogP contribution in [-0.2, 0) is 11.2 Å². The molecule has 8 nitrogen and oxygen atoms in total. The number of hydrogen-bond acceptors (Lipinski definition) is 7. The SMILES string of the molecule is COc1cc2ncc(C#N)c3c2cc1OCCCNCCNC(=O)Cc1ccc(C)cc1N3. The van der Waals surface area contributed by atoms with Crippen molar-refractivity contribution in [2.24, 2.45) is 0 Å². The van der Waals surface area contributed by atoms with Gasteiger partial charge in [0.1, 0.15) is 6.07 Å². The molecule has 1 aliphatic rings. The van der Waals surface area contributed by atoms with Gasteiger partial charge in [-0.25, -0.2) is 0 Å². The summed E-state index contributed by atoms with van der Waals surface area (Å²) in [4.78, 5) is 17.0. The van der Waals surface area contributed by atoms with Crippen LogP contribution >= 0.6 is 0 Å². The second-order valence-corrected chi connectivity index (χ2v) is 7.94. The van der Waals surface area contributed by atoms with Crippen LogP contribution in [0, 0.1) is 18.3 Å². The van der Waals surface area contributed by atoms with E-state index >= 15 is 0 Å². The summed E-state index contributed by atoms with van der Waals surface area (Å²) in [6, 6.07) is 11.8. The number of nitrogens with zero attached hydrogens (tertiary/aromatic N) is 2. The van der Waals surface area contributed by atoms with Crippen LogP contribution in [0.5, 0.6) is 11.5 Å². The van der Waals surface area contributed by atoms with E-state index in [0.717, 1.165) is 35.2 Å². The van der Waals surface area contributed by atoms with Gasteiger partial charge in [-0.3, -0.25) is 9.78 Å². The van der Waals surface area contributed by atoms with Gasteiger partial charge in [-0.05, 0) is 43.1 Å². The van der Waals surface area contributed by atoms with Gasteiger partial charge in [-0.2, -0.15) is 5.26 Å². The van der Waals surface area contributed by atoms with Crippen molar-refractivity contribution in [3.63, 3.8) is 0 Å². The Morgan fingerprint density at radius 2 is 2.06 bits per heavy atom. The summed E-state index contributed by atoms with van der Waals surface area (Å²) in [5.74, 6) is 1.13. The summed E-state index contributed by atoms with van der Waals surface area (Å²) in [6.07, 6.45) is 2.57. The number of carbonyl (C=O) groups excluding carboxylic acids is 1. The number of anilines is 2. The van der Waals surface area contributed by atoms with Crippen molar-refractivity contribution in [3.8, 4) is 17.6 Å². The summed E-state index contributed by atoms with van der Waals surface area (Å²) >= 11 is 0. The number of nitriles is 1. The average Bonchev–Trinajstić information content (AvgIpc) is 2.81. The molecule has 2 heterocycles. The predicted octanol–water partition coefficient (Wildman–Crippen LogP) is 3.20. The maximum absolute atomic E-state index is 12.5. The number of pyridine rings is 1. The fraction of sp³-hybridized carbons (Fsp3) is 0.320. The molecule has 1 aromatic heterocycles. The van der Waals surface area contributed by atoms with Crippen LogP contribution in [0.15, 0.2) is 36.5 Å². The van der Waals surface area contributed by atoms with Crippen LogP contribution in [-0.4, -0.2) is 44.2 Å². The standard InChI is InChI=1S/C25H27N5O3/c1-16-4-5-17-11-24(31)28-8-7-27-6-3-9-33-23-12-19-21(13-22(23)32-2)29-15-18(14-26)25(19)30-20(17)10-16/h4-5,10,12-13,15,27,30H,3,6-9,11H2,1-2H3,(H,28,31). The predicted molar refractivity (Wildman–Crippen MR) is 127 cm³/mol. The molecule has 2 aromatic carbocycles. The van der Waals surface area contributed by atoms with Crippen LogP contribution in [0.3, 0.4) is 0 Å². The van der Waals surface area contributed by atoms with Gasteiger partial charge in [0.2, 0.25) is 5.91 Å². The number of benzene rings is 2. The molecule has 0 aliphatic carbocycles. The zero-order valence-corrected chi connectivity index (χ0v) is 18.8. The number of nitrogens with one attached hydrogen (secondary N) is 3. The monoisotopic (exact) mass is 445 g/mol. The molecule has 3 N–H and O–H groups in total. The minimum absolute atomic E-state index is 0.0523. The lowest BCUT2D eigenvalue weighted by Gasteiger charge is -2.17. The van der Waals surface area contributed by atoms with E-state index in [2.05, 4.69) is 27.0 Å². The van der Waals surface area contributed by atoms with Crippen LogP contribution in [0.2, 0.25) is 0 Å². The first-order valence-electron chi connectivity index (χ1n) is 11.0. The number of hydrogen-bond donors (Lipinski definition) is 3. The van der Waals surface area contributed by atoms with E-state index in [9.17, 15) is 10.1 Å². The Kier molecular flexibility index (Phi) is 6.91. The number of fused-ring (bicyclic) bond motifs is 2. The Morgan fingerprint density at radius 3 is 2.88 bits per heavy atom. The summed E-state index contributed by atoms with van der Waals surface area (Å²) in [7, 11) is 1.59. The fourth-order valence-corrected chi connectivity index (χ4v) is 3.82. The molecule has 1 amide bonds. The molecule has 0 fully saturated rings. The molecule has 0 spiro atoms. The molecule has 0 atom stereocenters. The van der Waals surface area contributed by atoms with Gasteiger partial charge in [-0.1, -0.05) is 12.1 Å². The summed E-state index contributed by atoms with van der Waals surface area (Å²) in [6.45, 7) is 4.48. The fourth-order valence-electron chi connectivity index (χ4n) is 3.82. The number of rotatable bonds is 1. The topological polar surface area (TPSA) is 108 Å². The van der Waals surface area contributed by atoms with E-state index in [4.69, 9.17) is 9.47 Å². The molecule has 0 radical (unpaired) electrons. The lowest BCUT2D eigenvalue weighted by atomic mass is 10.0. The largest absolute Gasteiger partial charge is 0.493 e. The van der Waals surface area contributed by atoms with Crippen LogP contribution < -0.4 is 25.4 Å². The van der Waals surface area contributed by atoms with Crippen molar-refractivity contribution in [3.05, 3.63) is 53.2 Å². The van der Waals surface area contributed by atoms with Gasteiger partial charge in [0.05, 0.1) is 36.9 Å². The Hall–Kier alpha value is -3.83. The number of methoxy groups -OCH3 is 1. The van der Waals surface area contributed by atoms with Gasteiger partial charge in [0.25, 0.3) is 0 Å². The first kappa shape index (κ1) is 22.4. The molecule has 2 bridgehead atoms. The maximum atomic E-state index is 12.5. The first-order valence-corrected chi connectivity index (χ1v) is 11.0. The highest BCUT2D eigenvalue weighted by atomic mass is 16.5. The maximum Gasteiger partial charge on any atom is 0.224 e. The van der Waals surface area contributed by atoms with Gasteiger partial charge in [-0.15, -0.1) is 0 Å².